The number of fused-ring (bicyclic) bond motifs is 2. The number of rotatable bonds is 4. The van der Waals surface area contributed by atoms with Gasteiger partial charge in [-0.2, -0.15) is 0 Å². The van der Waals surface area contributed by atoms with Crippen molar-refractivity contribution in [3.63, 3.8) is 0 Å². The summed E-state index contributed by atoms with van der Waals surface area (Å²) < 4.78 is 18.3. The van der Waals surface area contributed by atoms with Crippen LogP contribution >= 0.6 is 22.9 Å². The van der Waals surface area contributed by atoms with Gasteiger partial charge in [0.1, 0.15) is 0 Å². The van der Waals surface area contributed by atoms with Crippen molar-refractivity contribution in [1.82, 2.24) is 4.57 Å². The fourth-order valence-electron chi connectivity index (χ4n) is 3.90. The van der Waals surface area contributed by atoms with Crippen LogP contribution in [-0.4, -0.2) is 23.9 Å². The number of hydrogen-bond donors (Lipinski definition) is 0. The Kier molecular flexibility index (Phi) is 5.55. The van der Waals surface area contributed by atoms with Crippen LogP contribution in [-0.2, 0) is 9.53 Å². The summed E-state index contributed by atoms with van der Waals surface area (Å²) in [6.07, 6.45) is 1.79. The average molecular weight is 483 g/mol. The first kappa shape index (κ1) is 21.5. The number of hydrogen-bond acceptors (Lipinski definition) is 7. The third kappa shape index (κ3) is 3.85. The number of allylic oxidation sites excluding steroid dienone is 1. The first-order valence-electron chi connectivity index (χ1n) is 10.3. The Morgan fingerprint density at radius 2 is 2.00 bits per heavy atom. The summed E-state index contributed by atoms with van der Waals surface area (Å²) in [5.41, 5.74) is 2.13. The zero-order chi connectivity index (χ0) is 23.1. The van der Waals surface area contributed by atoms with E-state index in [0.29, 0.717) is 42.7 Å². The molecule has 5 rings (SSSR count). The predicted octanol–water partition coefficient (Wildman–Crippen LogP) is 3.18. The van der Waals surface area contributed by atoms with Gasteiger partial charge < -0.3 is 14.2 Å². The normalized spacial score (nSPS) is 17.1. The Hall–Kier alpha value is -3.36. The highest BCUT2D eigenvalue weighted by atomic mass is 35.5. The molecule has 0 saturated carbocycles. The van der Waals surface area contributed by atoms with Crippen molar-refractivity contribution < 1.29 is 19.0 Å². The summed E-state index contributed by atoms with van der Waals surface area (Å²) in [5, 5.41) is 0.617. The Bertz CT molecular complexity index is 1470. The van der Waals surface area contributed by atoms with Crippen LogP contribution in [0.3, 0.4) is 0 Å². The smallest absolute Gasteiger partial charge is 0.338 e. The Labute approximate surface area is 197 Å². The highest BCUT2D eigenvalue weighted by Crippen LogP contribution is 2.38. The van der Waals surface area contributed by atoms with E-state index in [9.17, 15) is 9.59 Å². The molecule has 0 saturated heterocycles. The summed E-state index contributed by atoms with van der Waals surface area (Å²) in [6.45, 7) is 3.83. The standard InChI is InChI=1S/C24H19ClN2O5S/c1-3-30-23(29)20-13(2)26-24-27(21(20)15-6-9-17-18(11-15)32-12-31-17)22(28)19(33-24)10-14-4-7-16(25)8-5-14/h4-11,21H,3,12H2,1-2H3/b19-10-/t21-/m0/s1. The molecule has 0 radical (unpaired) electrons. The molecule has 9 heteroatoms. The molecule has 0 bridgehead atoms. The van der Waals surface area contributed by atoms with Crippen LogP contribution in [0.2, 0.25) is 5.02 Å². The number of thiazole rings is 1. The van der Waals surface area contributed by atoms with Gasteiger partial charge in [-0.3, -0.25) is 9.36 Å². The van der Waals surface area contributed by atoms with E-state index < -0.39 is 12.0 Å². The molecule has 168 valence electrons. The molecular formula is C24H19ClN2O5S. The molecule has 3 heterocycles. The lowest BCUT2D eigenvalue weighted by Gasteiger charge is -2.24. The molecule has 1 aromatic heterocycles. The topological polar surface area (TPSA) is 79.1 Å². The van der Waals surface area contributed by atoms with Crippen LogP contribution in [0, 0.1) is 0 Å². The predicted molar refractivity (Wildman–Crippen MR) is 124 cm³/mol. The van der Waals surface area contributed by atoms with Crippen molar-refractivity contribution in [3.05, 3.63) is 89.6 Å². The maximum absolute atomic E-state index is 13.6. The quantitative estimate of drug-likeness (QED) is 0.534. The molecule has 0 spiro atoms. The minimum Gasteiger partial charge on any atom is -0.463 e. The fourth-order valence-corrected chi connectivity index (χ4v) is 5.07. The molecule has 0 N–H and O–H groups in total. The minimum absolute atomic E-state index is 0.127. The van der Waals surface area contributed by atoms with E-state index in [1.165, 1.54) is 11.3 Å². The Morgan fingerprint density at radius 1 is 1.24 bits per heavy atom. The second-order valence-corrected chi connectivity index (χ2v) is 8.91. The van der Waals surface area contributed by atoms with E-state index in [-0.39, 0.29) is 19.0 Å². The van der Waals surface area contributed by atoms with Gasteiger partial charge in [0, 0.05) is 5.02 Å². The van der Waals surface area contributed by atoms with Gasteiger partial charge in [-0.15, -0.1) is 0 Å². The van der Waals surface area contributed by atoms with Crippen LogP contribution in [0.5, 0.6) is 11.5 Å². The van der Waals surface area contributed by atoms with Crippen LogP contribution in [0.4, 0.5) is 0 Å². The number of carbonyl (C=O) groups excluding carboxylic acids is 1. The summed E-state index contributed by atoms with van der Waals surface area (Å²) >= 11 is 7.25. The lowest BCUT2D eigenvalue weighted by Crippen LogP contribution is -2.39. The third-order valence-corrected chi connectivity index (χ3v) is 6.63. The minimum atomic E-state index is -0.706. The molecule has 1 atom stereocenters. The van der Waals surface area contributed by atoms with Crippen LogP contribution in [0.15, 0.2) is 63.5 Å². The van der Waals surface area contributed by atoms with Crippen molar-refractivity contribution in [2.45, 2.75) is 19.9 Å². The SMILES string of the molecule is CCOC(=O)C1=C(C)N=c2s/c(=C\c3ccc(Cl)cc3)c(=O)n2[C@H]1c1ccc2c(c1)OCO2. The van der Waals surface area contributed by atoms with E-state index in [1.54, 1.807) is 48.8 Å². The number of ether oxygens (including phenoxy) is 3. The summed E-state index contributed by atoms with van der Waals surface area (Å²) in [7, 11) is 0. The third-order valence-electron chi connectivity index (χ3n) is 5.40. The van der Waals surface area contributed by atoms with Gasteiger partial charge in [0.25, 0.3) is 5.56 Å². The molecule has 0 amide bonds. The lowest BCUT2D eigenvalue weighted by molar-refractivity contribution is -0.139. The second-order valence-electron chi connectivity index (χ2n) is 7.47. The van der Waals surface area contributed by atoms with E-state index in [4.69, 9.17) is 25.8 Å². The van der Waals surface area contributed by atoms with Gasteiger partial charge in [-0.1, -0.05) is 41.1 Å². The zero-order valence-corrected chi connectivity index (χ0v) is 19.4. The fraction of sp³-hybridized carbons (Fsp3) is 0.208. The van der Waals surface area contributed by atoms with E-state index >= 15 is 0 Å². The van der Waals surface area contributed by atoms with Crippen molar-refractivity contribution in [2.75, 3.05) is 13.4 Å². The molecule has 0 unspecified atom stereocenters. The molecule has 33 heavy (non-hydrogen) atoms. The first-order chi connectivity index (χ1) is 16.0. The molecule has 0 fully saturated rings. The number of halogens is 1. The summed E-state index contributed by atoms with van der Waals surface area (Å²) in [5.74, 6) is 0.675. The molecule has 2 aromatic carbocycles. The van der Waals surface area contributed by atoms with Crippen molar-refractivity contribution in [3.8, 4) is 11.5 Å². The van der Waals surface area contributed by atoms with Crippen LogP contribution < -0.4 is 24.4 Å². The molecule has 0 aliphatic carbocycles. The molecule has 2 aliphatic rings. The second kappa shape index (κ2) is 8.53. The van der Waals surface area contributed by atoms with Gasteiger partial charge in [-0.25, -0.2) is 9.79 Å². The highest BCUT2D eigenvalue weighted by molar-refractivity contribution is 7.07. The molecule has 2 aliphatic heterocycles. The number of esters is 1. The van der Waals surface area contributed by atoms with E-state index in [0.717, 1.165) is 5.56 Å². The molecular weight excluding hydrogens is 464 g/mol. The average Bonchev–Trinajstić information content (AvgIpc) is 3.38. The molecule has 7 nitrogen and oxygen atoms in total. The van der Waals surface area contributed by atoms with Gasteiger partial charge in [0.15, 0.2) is 16.3 Å². The number of aromatic nitrogens is 1. The van der Waals surface area contributed by atoms with Gasteiger partial charge in [0.2, 0.25) is 6.79 Å². The van der Waals surface area contributed by atoms with Crippen LogP contribution in [0.1, 0.15) is 31.0 Å². The number of carbonyl (C=O) groups is 1. The Morgan fingerprint density at radius 3 is 2.76 bits per heavy atom. The summed E-state index contributed by atoms with van der Waals surface area (Å²) in [6, 6.07) is 11.9. The summed E-state index contributed by atoms with van der Waals surface area (Å²) in [4.78, 5) is 31.6. The Balaban J connectivity index is 1.72. The van der Waals surface area contributed by atoms with Crippen molar-refractivity contribution in [2.24, 2.45) is 4.99 Å². The monoisotopic (exact) mass is 482 g/mol. The van der Waals surface area contributed by atoms with Crippen LogP contribution in [0.25, 0.3) is 6.08 Å². The maximum atomic E-state index is 13.6. The van der Waals surface area contributed by atoms with E-state index in [1.807, 2.05) is 18.2 Å². The largest absolute Gasteiger partial charge is 0.463 e. The zero-order valence-electron chi connectivity index (χ0n) is 17.8. The highest BCUT2D eigenvalue weighted by Gasteiger charge is 2.34. The maximum Gasteiger partial charge on any atom is 0.338 e. The van der Waals surface area contributed by atoms with E-state index in [2.05, 4.69) is 4.99 Å². The number of benzene rings is 2. The van der Waals surface area contributed by atoms with Crippen molar-refractivity contribution in [1.29, 1.82) is 0 Å². The number of nitrogens with zero attached hydrogens (tertiary/aromatic N) is 2. The first-order valence-corrected chi connectivity index (χ1v) is 11.5. The lowest BCUT2D eigenvalue weighted by atomic mass is 9.95. The van der Waals surface area contributed by atoms with Gasteiger partial charge in [0.05, 0.1) is 28.5 Å². The molecule has 3 aromatic rings. The van der Waals surface area contributed by atoms with Crippen molar-refractivity contribution >= 4 is 35.0 Å². The van der Waals surface area contributed by atoms with Gasteiger partial charge >= 0.3 is 5.97 Å². The van der Waals surface area contributed by atoms with Gasteiger partial charge in [-0.05, 0) is 55.3 Å².